The largest absolute Gasteiger partial charge is 0.444 e. The van der Waals surface area contributed by atoms with Crippen molar-refractivity contribution in [3.8, 4) is 0 Å². The molecular formula is C26H42ClN3O4. The van der Waals surface area contributed by atoms with E-state index in [9.17, 15) is 9.59 Å². The number of halogens is 1. The molecule has 3 rings (SSSR count). The monoisotopic (exact) mass is 495 g/mol. The van der Waals surface area contributed by atoms with E-state index in [2.05, 4.69) is 39.5 Å². The van der Waals surface area contributed by atoms with Crippen molar-refractivity contribution in [2.75, 3.05) is 24.5 Å². The Morgan fingerprint density at radius 1 is 1.18 bits per heavy atom. The third kappa shape index (κ3) is 7.77. The Labute approximate surface area is 210 Å². The fourth-order valence-electron chi connectivity index (χ4n) is 4.52. The summed E-state index contributed by atoms with van der Waals surface area (Å²) >= 11 is 6.04. The first kappa shape index (κ1) is 28.2. The van der Waals surface area contributed by atoms with Gasteiger partial charge in [0.15, 0.2) is 0 Å². The van der Waals surface area contributed by atoms with E-state index in [0.717, 1.165) is 17.8 Å². The highest BCUT2D eigenvalue weighted by molar-refractivity contribution is 6.30. The fourth-order valence-corrected chi connectivity index (χ4v) is 4.71. The van der Waals surface area contributed by atoms with Crippen LogP contribution in [0.15, 0.2) is 18.2 Å². The minimum Gasteiger partial charge on any atom is -0.444 e. The van der Waals surface area contributed by atoms with Crippen LogP contribution in [0.25, 0.3) is 0 Å². The average Bonchev–Trinajstić information content (AvgIpc) is 2.73. The lowest BCUT2D eigenvalue weighted by atomic mass is 10.0. The zero-order chi connectivity index (χ0) is 25.6. The summed E-state index contributed by atoms with van der Waals surface area (Å²) in [6.07, 6.45) is 0.706. The SMILES string of the molecule is CC(C)(C)OC(=O)N1CCC(N2C(=O)OCc3cc(Cl)ccc32)CC1.CCN(C(C)C)C(C)C. The lowest BCUT2D eigenvalue weighted by Gasteiger charge is -2.40. The topological polar surface area (TPSA) is 62.3 Å². The summed E-state index contributed by atoms with van der Waals surface area (Å²) in [5, 5.41) is 0.622. The molecule has 8 heteroatoms. The molecule has 1 saturated heterocycles. The Balaban J connectivity index is 0.000000387. The summed E-state index contributed by atoms with van der Waals surface area (Å²) in [6.45, 7) is 19.2. The lowest BCUT2D eigenvalue weighted by molar-refractivity contribution is 0.0204. The van der Waals surface area contributed by atoms with Crippen molar-refractivity contribution in [2.45, 2.75) is 98.6 Å². The van der Waals surface area contributed by atoms with Gasteiger partial charge in [-0.05, 0) is 86.1 Å². The maximum absolute atomic E-state index is 12.3. The summed E-state index contributed by atoms with van der Waals surface area (Å²) in [5.74, 6) is 0. The standard InChI is InChI=1S/C18H23ClN2O4.C8H19N/c1-18(2,3)25-16(22)20-8-6-14(7-9-20)21-15-5-4-13(19)10-12(15)11-24-17(21)23;1-6-9(7(2)3)8(4)5/h4-5,10,14H,6-9,11H2,1-3H3;7-8H,6H2,1-5H3. The zero-order valence-corrected chi connectivity index (χ0v) is 22.8. The Morgan fingerprint density at radius 2 is 1.76 bits per heavy atom. The van der Waals surface area contributed by atoms with Crippen LogP contribution in [0.2, 0.25) is 5.02 Å². The van der Waals surface area contributed by atoms with Crippen LogP contribution < -0.4 is 4.90 Å². The smallest absolute Gasteiger partial charge is 0.414 e. The number of hydrogen-bond acceptors (Lipinski definition) is 5. The van der Waals surface area contributed by atoms with E-state index in [1.54, 1.807) is 15.9 Å². The van der Waals surface area contributed by atoms with E-state index in [1.165, 1.54) is 0 Å². The van der Waals surface area contributed by atoms with Crippen LogP contribution in [0.3, 0.4) is 0 Å². The van der Waals surface area contributed by atoms with Gasteiger partial charge in [-0.25, -0.2) is 9.59 Å². The van der Waals surface area contributed by atoms with Crippen LogP contribution in [0.1, 0.15) is 73.8 Å². The van der Waals surface area contributed by atoms with Gasteiger partial charge in [0.05, 0.1) is 5.69 Å². The Hall–Kier alpha value is -1.99. The molecule has 0 saturated carbocycles. The Kier molecular flexibility index (Phi) is 10.1. The number of anilines is 1. The molecule has 192 valence electrons. The maximum Gasteiger partial charge on any atom is 0.414 e. The van der Waals surface area contributed by atoms with Crippen LogP contribution >= 0.6 is 11.6 Å². The van der Waals surface area contributed by atoms with Gasteiger partial charge in [0, 0.05) is 41.8 Å². The second kappa shape index (κ2) is 12.1. The molecule has 0 atom stereocenters. The number of rotatable bonds is 4. The van der Waals surface area contributed by atoms with Gasteiger partial charge >= 0.3 is 12.2 Å². The van der Waals surface area contributed by atoms with Crippen molar-refractivity contribution < 1.29 is 19.1 Å². The molecule has 0 radical (unpaired) electrons. The summed E-state index contributed by atoms with van der Waals surface area (Å²) in [6, 6.07) is 6.84. The van der Waals surface area contributed by atoms with Gasteiger partial charge in [-0.3, -0.25) is 9.80 Å². The molecule has 1 aromatic carbocycles. The third-order valence-corrected chi connectivity index (χ3v) is 6.26. The van der Waals surface area contributed by atoms with Gasteiger partial charge in [0.25, 0.3) is 0 Å². The molecule has 1 aromatic rings. The van der Waals surface area contributed by atoms with E-state index < -0.39 is 5.60 Å². The molecular weight excluding hydrogens is 454 g/mol. The fraction of sp³-hybridized carbons (Fsp3) is 0.692. The first-order valence-electron chi connectivity index (χ1n) is 12.3. The lowest BCUT2D eigenvalue weighted by Crippen LogP contribution is -2.51. The molecule has 0 aliphatic carbocycles. The van der Waals surface area contributed by atoms with Crippen LogP contribution in [-0.2, 0) is 16.1 Å². The molecule has 0 unspecified atom stereocenters. The number of benzene rings is 1. The van der Waals surface area contributed by atoms with Crippen molar-refractivity contribution in [1.82, 2.24) is 9.80 Å². The van der Waals surface area contributed by atoms with Gasteiger partial charge in [-0.1, -0.05) is 18.5 Å². The zero-order valence-electron chi connectivity index (χ0n) is 22.1. The van der Waals surface area contributed by atoms with Crippen molar-refractivity contribution in [3.05, 3.63) is 28.8 Å². The number of nitrogens with zero attached hydrogens (tertiary/aromatic N) is 3. The predicted octanol–water partition coefficient (Wildman–Crippen LogP) is 6.32. The van der Waals surface area contributed by atoms with Crippen LogP contribution in [0.4, 0.5) is 15.3 Å². The molecule has 2 aliphatic heterocycles. The average molecular weight is 496 g/mol. The van der Waals surface area contributed by atoms with Crippen LogP contribution in [0, 0.1) is 0 Å². The van der Waals surface area contributed by atoms with Crippen molar-refractivity contribution in [1.29, 1.82) is 0 Å². The van der Waals surface area contributed by atoms with Crippen molar-refractivity contribution >= 4 is 29.5 Å². The number of likely N-dealkylation sites (tertiary alicyclic amines) is 1. The molecule has 2 heterocycles. The normalized spacial score (nSPS) is 16.9. The quantitative estimate of drug-likeness (QED) is 0.489. The van der Waals surface area contributed by atoms with Crippen LogP contribution in [-0.4, -0.2) is 65.3 Å². The van der Waals surface area contributed by atoms with Gasteiger partial charge in [-0.2, -0.15) is 0 Å². The van der Waals surface area contributed by atoms with Gasteiger partial charge < -0.3 is 14.4 Å². The van der Waals surface area contributed by atoms with Crippen molar-refractivity contribution in [2.24, 2.45) is 0 Å². The first-order valence-corrected chi connectivity index (χ1v) is 12.7. The summed E-state index contributed by atoms with van der Waals surface area (Å²) in [4.78, 5) is 30.3. The highest BCUT2D eigenvalue weighted by Crippen LogP contribution is 2.33. The minimum absolute atomic E-state index is 0.00795. The predicted molar refractivity (Wildman–Crippen MR) is 138 cm³/mol. The second-order valence-electron chi connectivity index (χ2n) is 10.4. The summed E-state index contributed by atoms with van der Waals surface area (Å²) in [5.41, 5.74) is 1.24. The number of cyclic esters (lactones) is 1. The number of carbonyl (C=O) groups excluding carboxylic acids is 2. The highest BCUT2D eigenvalue weighted by Gasteiger charge is 2.36. The van der Waals surface area contributed by atoms with Gasteiger partial charge in [-0.15, -0.1) is 0 Å². The minimum atomic E-state index is -0.511. The number of fused-ring (bicyclic) bond motifs is 1. The number of amides is 2. The van der Waals surface area contributed by atoms with E-state index in [-0.39, 0.29) is 24.8 Å². The maximum atomic E-state index is 12.3. The number of carbonyl (C=O) groups is 2. The van der Waals surface area contributed by atoms with E-state index in [4.69, 9.17) is 21.1 Å². The van der Waals surface area contributed by atoms with E-state index in [0.29, 0.717) is 43.0 Å². The number of piperidine rings is 1. The van der Waals surface area contributed by atoms with Gasteiger partial charge in [0.1, 0.15) is 12.2 Å². The second-order valence-corrected chi connectivity index (χ2v) is 10.9. The number of hydrogen-bond donors (Lipinski definition) is 0. The molecule has 7 nitrogen and oxygen atoms in total. The first-order chi connectivity index (χ1) is 15.8. The van der Waals surface area contributed by atoms with Crippen LogP contribution in [0.5, 0.6) is 0 Å². The molecule has 1 fully saturated rings. The molecule has 2 aliphatic rings. The molecule has 0 spiro atoms. The molecule has 34 heavy (non-hydrogen) atoms. The van der Waals surface area contributed by atoms with Gasteiger partial charge in [0.2, 0.25) is 0 Å². The summed E-state index contributed by atoms with van der Waals surface area (Å²) in [7, 11) is 0. The summed E-state index contributed by atoms with van der Waals surface area (Å²) < 4.78 is 10.7. The molecule has 0 bridgehead atoms. The highest BCUT2D eigenvalue weighted by atomic mass is 35.5. The molecule has 0 aromatic heterocycles. The van der Waals surface area contributed by atoms with E-state index in [1.807, 2.05) is 32.9 Å². The third-order valence-electron chi connectivity index (χ3n) is 6.02. The Bertz CT molecular complexity index is 822. The van der Waals surface area contributed by atoms with E-state index >= 15 is 0 Å². The molecule has 2 amide bonds. The van der Waals surface area contributed by atoms with Crippen molar-refractivity contribution in [3.63, 3.8) is 0 Å². The Morgan fingerprint density at radius 3 is 2.24 bits per heavy atom. The molecule has 0 N–H and O–H groups in total. The number of ether oxygens (including phenoxy) is 2.